The van der Waals surface area contributed by atoms with Crippen LogP contribution in [0.5, 0.6) is 0 Å². The van der Waals surface area contributed by atoms with Crippen molar-refractivity contribution in [1.82, 2.24) is 0 Å². The van der Waals surface area contributed by atoms with E-state index in [-0.39, 0.29) is 6.29 Å². The molecular weight excluding hydrogens is 281 g/mol. The third-order valence-corrected chi connectivity index (χ3v) is 3.30. The third-order valence-electron chi connectivity index (χ3n) is 2.08. The summed E-state index contributed by atoms with van der Waals surface area (Å²) < 4.78 is 11.5. The molecule has 1 saturated heterocycles. The predicted octanol–water partition coefficient (Wildman–Crippen LogP) is 2.89. The first-order valence-electron chi connectivity index (χ1n) is 4.68. The molecule has 0 aromatic heterocycles. The Morgan fingerprint density at radius 1 is 1.40 bits per heavy atom. The number of rotatable bonds is 3. The van der Waals surface area contributed by atoms with E-state index in [9.17, 15) is 0 Å². The van der Waals surface area contributed by atoms with Gasteiger partial charge in [-0.05, 0) is 34.1 Å². The first-order chi connectivity index (χ1) is 7.25. The van der Waals surface area contributed by atoms with Crippen molar-refractivity contribution in [2.75, 3.05) is 25.1 Å². The lowest BCUT2D eigenvalue weighted by atomic mass is 10.3. The van der Waals surface area contributed by atoms with Gasteiger partial charge >= 0.3 is 0 Å². The Morgan fingerprint density at radius 3 is 2.80 bits per heavy atom. The topological polar surface area (TPSA) is 30.5 Å². The van der Waals surface area contributed by atoms with Crippen LogP contribution in [0.25, 0.3) is 0 Å². The number of hydrogen-bond donors (Lipinski definition) is 1. The van der Waals surface area contributed by atoms with Crippen LogP contribution in [-0.4, -0.2) is 26.0 Å². The fourth-order valence-electron chi connectivity index (χ4n) is 1.33. The minimum atomic E-state index is -0.139. The van der Waals surface area contributed by atoms with Gasteiger partial charge in [0.1, 0.15) is 0 Å². The molecule has 0 spiro atoms. The quantitative estimate of drug-likeness (QED) is 0.929. The van der Waals surface area contributed by atoms with Gasteiger partial charge in [-0.3, -0.25) is 0 Å². The molecule has 5 heteroatoms. The molecular formula is C10H11BrClNO2. The molecule has 1 aromatic carbocycles. The lowest BCUT2D eigenvalue weighted by Gasteiger charge is -2.11. The van der Waals surface area contributed by atoms with Gasteiger partial charge in [-0.2, -0.15) is 0 Å². The second-order valence-corrected chi connectivity index (χ2v) is 4.44. The lowest BCUT2D eigenvalue weighted by Crippen LogP contribution is -2.20. The number of ether oxygens (including phenoxy) is 2. The van der Waals surface area contributed by atoms with Gasteiger partial charge in [-0.25, -0.2) is 0 Å². The van der Waals surface area contributed by atoms with Gasteiger partial charge in [0.2, 0.25) is 0 Å². The molecule has 0 amide bonds. The van der Waals surface area contributed by atoms with Gasteiger partial charge in [0, 0.05) is 10.2 Å². The van der Waals surface area contributed by atoms with Crippen LogP contribution in [0.3, 0.4) is 0 Å². The minimum absolute atomic E-state index is 0.139. The van der Waals surface area contributed by atoms with Crippen molar-refractivity contribution in [2.45, 2.75) is 6.29 Å². The van der Waals surface area contributed by atoms with Gasteiger partial charge in [0.05, 0.1) is 24.8 Å². The van der Waals surface area contributed by atoms with Crippen LogP contribution in [0.1, 0.15) is 0 Å². The third kappa shape index (κ3) is 3.08. The highest BCUT2D eigenvalue weighted by molar-refractivity contribution is 9.10. The summed E-state index contributed by atoms with van der Waals surface area (Å²) in [6.45, 7) is 2.00. The summed E-state index contributed by atoms with van der Waals surface area (Å²) in [6.07, 6.45) is -0.139. The second kappa shape index (κ2) is 5.16. The van der Waals surface area contributed by atoms with Crippen LogP contribution in [0.4, 0.5) is 5.69 Å². The van der Waals surface area contributed by atoms with Crippen molar-refractivity contribution < 1.29 is 9.47 Å². The van der Waals surface area contributed by atoms with Gasteiger partial charge in [0.25, 0.3) is 0 Å². The number of hydrogen-bond acceptors (Lipinski definition) is 3. The van der Waals surface area contributed by atoms with Crippen molar-refractivity contribution >= 4 is 33.2 Å². The molecule has 3 nitrogen and oxygen atoms in total. The summed E-state index contributed by atoms with van der Waals surface area (Å²) in [5.41, 5.74) is 0.991. The predicted molar refractivity (Wildman–Crippen MR) is 63.3 cm³/mol. The van der Waals surface area contributed by atoms with E-state index in [2.05, 4.69) is 21.2 Å². The molecule has 0 unspecified atom stereocenters. The fraction of sp³-hybridized carbons (Fsp3) is 0.400. The smallest absolute Gasteiger partial charge is 0.174 e. The molecule has 0 bridgehead atoms. The highest BCUT2D eigenvalue weighted by Gasteiger charge is 2.15. The largest absolute Gasteiger partial charge is 0.380 e. The maximum Gasteiger partial charge on any atom is 0.174 e. The van der Waals surface area contributed by atoms with Crippen molar-refractivity contribution in [3.63, 3.8) is 0 Å². The zero-order valence-corrected chi connectivity index (χ0v) is 10.3. The van der Waals surface area contributed by atoms with Gasteiger partial charge in [-0.15, -0.1) is 0 Å². The van der Waals surface area contributed by atoms with Crippen LogP contribution in [0, 0.1) is 0 Å². The molecule has 1 aliphatic rings. The first kappa shape index (κ1) is 11.2. The molecule has 1 aliphatic heterocycles. The number of halogens is 2. The van der Waals surface area contributed by atoms with Crippen molar-refractivity contribution in [3.05, 3.63) is 27.7 Å². The monoisotopic (exact) mass is 291 g/mol. The van der Waals surface area contributed by atoms with Gasteiger partial charge in [0.15, 0.2) is 6.29 Å². The van der Waals surface area contributed by atoms with E-state index in [1.807, 2.05) is 18.2 Å². The SMILES string of the molecule is Clc1ccc(NCC2OCCO2)cc1Br. The van der Waals surface area contributed by atoms with Gasteiger partial charge < -0.3 is 14.8 Å². The maximum atomic E-state index is 5.88. The Morgan fingerprint density at radius 2 is 2.13 bits per heavy atom. The molecule has 1 fully saturated rings. The number of anilines is 1. The molecule has 15 heavy (non-hydrogen) atoms. The normalized spacial score (nSPS) is 16.9. The maximum absolute atomic E-state index is 5.88. The van der Waals surface area contributed by atoms with Crippen LogP contribution in [0.15, 0.2) is 22.7 Å². The summed E-state index contributed by atoms with van der Waals surface area (Å²) >= 11 is 9.25. The van der Waals surface area contributed by atoms with E-state index >= 15 is 0 Å². The first-order valence-corrected chi connectivity index (χ1v) is 5.85. The Bertz CT molecular complexity index is 342. The Balaban J connectivity index is 1.90. The fourth-order valence-corrected chi connectivity index (χ4v) is 1.83. The summed E-state index contributed by atoms with van der Waals surface area (Å²) in [4.78, 5) is 0. The van der Waals surface area contributed by atoms with Crippen LogP contribution in [0.2, 0.25) is 5.02 Å². The molecule has 1 N–H and O–H groups in total. The highest BCUT2D eigenvalue weighted by Crippen LogP contribution is 2.25. The average Bonchev–Trinajstić information content (AvgIpc) is 2.73. The Labute approximate surface area is 102 Å². The summed E-state index contributed by atoms with van der Waals surface area (Å²) in [6, 6.07) is 5.68. The Hall–Kier alpha value is -0.290. The van der Waals surface area contributed by atoms with Crippen LogP contribution in [-0.2, 0) is 9.47 Å². The second-order valence-electron chi connectivity index (χ2n) is 3.18. The summed E-state index contributed by atoms with van der Waals surface area (Å²) in [5, 5.41) is 3.92. The zero-order valence-electron chi connectivity index (χ0n) is 8.00. The standard InChI is InChI=1S/C10H11BrClNO2/c11-8-5-7(1-2-9(8)12)13-6-10-14-3-4-15-10/h1-2,5,10,13H,3-4,6H2. The molecule has 0 saturated carbocycles. The molecule has 0 aliphatic carbocycles. The molecule has 0 radical (unpaired) electrons. The van der Waals surface area contributed by atoms with E-state index in [1.54, 1.807) is 0 Å². The van der Waals surface area contributed by atoms with Crippen molar-refractivity contribution in [2.24, 2.45) is 0 Å². The molecule has 82 valence electrons. The van der Waals surface area contributed by atoms with Crippen LogP contribution < -0.4 is 5.32 Å². The lowest BCUT2D eigenvalue weighted by molar-refractivity contribution is -0.0299. The number of benzene rings is 1. The summed E-state index contributed by atoms with van der Waals surface area (Å²) in [7, 11) is 0. The van der Waals surface area contributed by atoms with E-state index in [0.29, 0.717) is 24.8 Å². The number of nitrogens with one attached hydrogen (secondary N) is 1. The van der Waals surface area contributed by atoms with Crippen LogP contribution >= 0.6 is 27.5 Å². The minimum Gasteiger partial charge on any atom is -0.380 e. The molecule has 1 aromatic rings. The van der Waals surface area contributed by atoms with E-state index in [1.165, 1.54) is 0 Å². The van der Waals surface area contributed by atoms with Crippen molar-refractivity contribution in [1.29, 1.82) is 0 Å². The van der Waals surface area contributed by atoms with E-state index in [0.717, 1.165) is 10.2 Å². The van der Waals surface area contributed by atoms with E-state index in [4.69, 9.17) is 21.1 Å². The zero-order chi connectivity index (χ0) is 10.7. The Kier molecular flexibility index (Phi) is 3.86. The highest BCUT2D eigenvalue weighted by atomic mass is 79.9. The molecule has 1 heterocycles. The van der Waals surface area contributed by atoms with Crippen molar-refractivity contribution in [3.8, 4) is 0 Å². The summed E-state index contributed by atoms with van der Waals surface area (Å²) in [5.74, 6) is 0. The van der Waals surface area contributed by atoms with E-state index < -0.39 is 0 Å². The van der Waals surface area contributed by atoms with Gasteiger partial charge in [-0.1, -0.05) is 11.6 Å². The average molecular weight is 293 g/mol. The molecule has 0 atom stereocenters. The molecule has 2 rings (SSSR count).